The van der Waals surface area contributed by atoms with Crippen LogP contribution in [0.15, 0.2) is 24.3 Å². The summed E-state index contributed by atoms with van der Waals surface area (Å²) in [5.41, 5.74) is 0.0841. The van der Waals surface area contributed by atoms with Gasteiger partial charge in [-0.25, -0.2) is 18.7 Å². The Bertz CT molecular complexity index is 407. The molecule has 0 heterocycles. The third-order valence-electron chi connectivity index (χ3n) is 1.57. The fourth-order valence-corrected chi connectivity index (χ4v) is 1.24. The van der Waals surface area contributed by atoms with Crippen molar-refractivity contribution in [2.24, 2.45) is 5.84 Å². The SMILES string of the molecule is COc1ccc(N(N)S(=O)(=O)[O-])cc1.O.[Na+]. The summed E-state index contributed by atoms with van der Waals surface area (Å²) >= 11 is 0. The van der Waals surface area contributed by atoms with Crippen molar-refractivity contribution in [3.63, 3.8) is 0 Å². The number of nitrogens with zero attached hydrogens (tertiary/aromatic N) is 1. The minimum absolute atomic E-state index is 0. The Morgan fingerprint density at radius 3 is 2.06 bits per heavy atom. The van der Waals surface area contributed by atoms with Crippen molar-refractivity contribution < 1.29 is 52.7 Å². The Kier molecular flexibility index (Phi) is 7.96. The average Bonchev–Trinajstić information content (AvgIpc) is 2.15. The number of anilines is 1. The molecule has 0 aliphatic rings. The maximum Gasteiger partial charge on any atom is 1.00 e. The number of benzene rings is 1. The Morgan fingerprint density at radius 1 is 1.31 bits per heavy atom. The van der Waals surface area contributed by atoms with Crippen LogP contribution in [0.2, 0.25) is 0 Å². The number of ether oxygens (including phenoxy) is 1. The smallest absolute Gasteiger partial charge is 0.730 e. The van der Waals surface area contributed by atoms with Gasteiger partial charge in [-0.15, -0.1) is 0 Å². The first kappa shape index (κ1) is 18.0. The van der Waals surface area contributed by atoms with Crippen LogP contribution in [-0.4, -0.2) is 25.6 Å². The molecule has 0 aliphatic carbocycles. The molecule has 0 saturated heterocycles. The summed E-state index contributed by atoms with van der Waals surface area (Å²) in [7, 11) is -3.18. The van der Waals surface area contributed by atoms with Crippen LogP contribution in [0.3, 0.4) is 0 Å². The third-order valence-corrected chi connectivity index (χ3v) is 2.26. The number of hydrazine groups is 1. The first-order valence-corrected chi connectivity index (χ1v) is 4.96. The van der Waals surface area contributed by atoms with Crippen LogP contribution in [0.1, 0.15) is 0 Å². The minimum atomic E-state index is -4.66. The van der Waals surface area contributed by atoms with Gasteiger partial charge in [-0.05, 0) is 24.3 Å². The predicted molar refractivity (Wildman–Crippen MR) is 53.0 cm³/mol. The summed E-state index contributed by atoms with van der Waals surface area (Å²) in [6.45, 7) is 0. The van der Waals surface area contributed by atoms with Gasteiger partial charge in [0.15, 0.2) is 10.3 Å². The molecule has 0 saturated carbocycles. The normalized spacial score (nSPS) is 9.69. The molecule has 0 bridgehead atoms. The third kappa shape index (κ3) is 4.66. The van der Waals surface area contributed by atoms with Crippen LogP contribution in [0.25, 0.3) is 0 Å². The van der Waals surface area contributed by atoms with Gasteiger partial charge in [-0.3, -0.25) is 0 Å². The number of nitrogens with two attached hydrogens (primary N) is 1. The molecule has 9 heteroatoms. The molecule has 1 aromatic carbocycles. The van der Waals surface area contributed by atoms with Crippen molar-refractivity contribution in [1.82, 2.24) is 0 Å². The molecule has 0 radical (unpaired) electrons. The Hall–Kier alpha value is -0.350. The van der Waals surface area contributed by atoms with E-state index >= 15 is 0 Å². The van der Waals surface area contributed by atoms with E-state index in [1.165, 1.54) is 31.4 Å². The molecule has 7 nitrogen and oxygen atoms in total. The zero-order chi connectivity index (χ0) is 10.8. The van der Waals surface area contributed by atoms with Gasteiger partial charge in [0.1, 0.15) is 5.75 Å². The topological polar surface area (TPSA) is 127 Å². The van der Waals surface area contributed by atoms with Gasteiger partial charge in [-0.2, -0.15) is 0 Å². The number of methoxy groups -OCH3 is 1. The van der Waals surface area contributed by atoms with Gasteiger partial charge in [0, 0.05) is 0 Å². The zero-order valence-corrected chi connectivity index (χ0v) is 11.7. The van der Waals surface area contributed by atoms with E-state index in [1.54, 1.807) is 0 Å². The molecule has 0 unspecified atom stereocenters. The van der Waals surface area contributed by atoms with E-state index in [0.717, 1.165) is 0 Å². The van der Waals surface area contributed by atoms with E-state index < -0.39 is 10.3 Å². The van der Waals surface area contributed by atoms with Gasteiger partial charge in [0.2, 0.25) is 0 Å². The van der Waals surface area contributed by atoms with Gasteiger partial charge < -0.3 is 14.8 Å². The van der Waals surface area contributed by atoms with Crippen LogP contribution in [0.5, 0.6) is 5.75 Å². The quantitative estimate of drug-likeness (QED) is 0.256. The average molecular weight is 258 g/mol. The molecule has 0 aromatic heterocycles. The Morgan fingerprint density at radius 2 is 1.75 bits per heavy atom. The van der Waals surface area contributed by atoms with Crippen molar-refractivity contribution in [1.29, 1.82) is 0 Å². The second-order valence-corrected chi connectivity index (χ2v) is 3.70. The summed E-state index contributed by atoms with van der Waals surface area (Å²) in [4.78, 5) is 0. The van der Waals surface area contributed by atoms with Crippen LogP contribution < -0.4 is 44.6 Å². The van der Waals surface area contributed by atoms with E-state index in [2.05, 4.69) is 0 Å². The molecule has 0 spiro atoms. The van der Waals surface area contributed by atoms with Crippen molar-refractivity contribution in [3.05, 3.63) is 24.3 Å². The second kappa shape index (κ2) is 7.07. The fourth-order valence-electron chi connectivity index (χ4n) is 0.858. The summed E-state index contributed by atoms with van der Waals surface area (Å²) in [5.74, 6) is 5.60. The van der Waals surface area contributed by atoms with Gasteiger partial charge in [-0.1, -0.05) is 0 Å². The number of rotatable bonds is 3. The largest absolute Gasteiger partial charge is 1.00 e. The summed E-state index contributed by atoms with van der Waals surface area (Å²) < 4.78 is 36.5. The summed E-state index contributed by atoms with van der Waals surface area (Å²) in [6.07, 6.45) is 0. The predicted octanol–water partition coefficient (Wildman–Crippen LogP) is -3.99. The minimum Gasteiger partial charge on any atom is -0.730 e. The van der Waals surface area contributed by atoms with E-state index in [9.17, 15) is 13.0 Å². The molecular formula is C7H11N2NaO5S. The Balaban J connectivity index is 0. The van der Waals surface area contributed by atoms with E-state index in [-0.39, 0.29) is 45.1 Å². The molecule has 4 N–H and O–H groups in total. The standard InChI is InChI=1S/C7H10N2O4S.Na.H2O/c1-13-7-4-2-6(3-5-7)9(8)14(10,11)12;;/h2-5H,8H2,1H3,(H,10,11,12);;1H2/q;+1;/p-1. The molecule has 0 fully saturated rings. The summed E-state index contributed by atoms with van der Waals surface area (Å²) in [5, 5.41) is 0. The molecule has 0 aliphatic heterocycles. The molecule has 1 rings (SSSR count). The first-order chi connectivity index (χ1) is 6.45. The molecule has 0 atom stereocenters. The molecule has 86 valence electrons. The maximum absolute atomic E-state index is 10.5. The van der Waals surface area contributed by atoms with Gasteiger partial charge >= 0.3 is 29.6 Å². The van der Waals surface area contributed by atoms with E-state index in [4.69, 9.17) is 10.6 Å². The number of hydrogen-bond donors (Lipinski definition) is 1. The van der Waals surface area contributed by atoms with Crippen molar-refractivity contribution in [3.8, 4) is 5.75 Å². The van der Waals surface area contributed by atoms with Gasteiger partial charge in [0.05, 0.1) is 12.8 Å². The second-order valence-electron chi connectivity index (χ2n) is 2.45. The molecular weight excluding hydrogens is 247 g/mol. The zero-order valence-electron chi connectivity index (χ0n) is 8.88. The molecule has 16 heavy (non-hydrogen) atoms. The fraction of sp³-hybridized carbons (Fsp3) is 0.143. The van der Waals surface area contributed by atoms with Crippen LogP contribution in [0.4, 0.5) is 5.69 Å². The van der Waals surface area contributed by atoms with Crippen LogP contribution >= 0.6 is 0 Å². The first-order valence-electron chi connectivity index (χ1n) is 3.60. The van der Waals surface area contributed by atoms with E-state index in [0.29, 0.717) is 5.75 Å². The van der Waals surface area contributed by atoms with Crippen LogP contribution in [0, 0.1) is 0 Å². The monoisotopic (exact) mass is 258 g/mol. The van der Waals surface area contributed by atoms with Crippen molar-refractivity contribution >= 4 is 16.0 Å². The van der Waals surface area contributed by atoms with E-state index in [1.807, 2.05) is 0 Å². The molecule has 1 aromatic rings. The van der Waals surface area contributed by atoms with Crippen molar-refractivity contribution in [2.45, 2.75) is 0 Å². The summed E-state index contributed by atoms with van der Waals surface area (Å²) in [6, 6.07) is 5.74. The van der Waals surface area contributed by atoms with Gasteiger partial charge in [0.25, 0.3) is 0 Å². The van der Waals surface area contributed by atoms with Crippen molar-refractivity contribution in [2.75, 3.05) is 11.5 Å². The number of hydrogen-bond acceptors (Lipinski definition) is 5. The van der Waals surface area contributed by atoms with Crippen LogP contribution in [-0.2, 0) is 10.3 Å². The maximum atomic E-state index is 10.5. The molecule has 0 amide bonds. The Labute approximate surface area is 116 Å².